The molecule has 21 heavy (non-hydrogen) atoms. The smallest absolute Gasteiger partial charge is 0.307 e. The van der Waals surface area contributed by atoms with Crippen LogP contribution in [0, 0.1) is 17.3 Å². The molecule has 0 heterocycles. The highest BCUT2D eigenvalue weighted by atomic mass is 16.4. The van der Waals surface area contributed by atoms with E-state index in [4.69, 9.17) is 15.3 Å². The maximum Gasteiger partial charge on any atom is 0.307 e. The van der Waals surface area contributed by atoms with Crippen LogP contribution in [0.15, 0.2) is 0 Å². The molecule has 0 radical (unpaired) electrons. The molecule has 0 aliphatic rings. The Morgan fingerprint density at radius 3 is 1.76 bits per heavy atom. The molecule has 0 aliphatic heterocycles. The van der Waals surface area contributed by atoms with E-state index in [0.717, 1.165) is 0 Å². The molecular formula is C14H22O7. The minimum Gasteiger partial charge on any atom is -0.481 e. The summed E-state index contributed by atoms with van der Waals surface area (Å²) < 4.78 is 0. The van der Waals surface area contributed by atoms with Crippen molar-refractivity contribution in [1.29, 1.82) is 0 Å². The number of carbonyl (C=O) groups excluding carboxylic acids is 1. The second kappa shape index (κ2) is 7.75. The maximum atomic E-state index is 11.9. The lowest BCUT2D eigenvalue weighted by molar-refractivity contribution is -0.148. The summed E-state index contributed by atoms with van der Waals surface area (Å²) in [6.07, 6.45) is -1.09. The molecule has 0 aliphatic carbocycles. The molecule has 0 spiro atoms. The summed E-state index contributed by atoms with van der Waals surface area (Å²) in [4.78, 5) is 44.5. The average molecular weight is 302 g/mol. The zero-order valence-corrected chi connectivity index (χ0v) is 12.5. The monoisotopic (exact) mass is 302 g/mol. The van der Waals surface area contributed by atoms with Gasteiger partial charge in [0.1, 0.15) is 5.78 Å². The Bertz CT molecular complexity index is 420. The van der Waals surface area contributed by atoms with E-state index in [1.54, 1.807) is 20.8 Å². The molecule has 2 atom stereocenters. The summed E-state index contributed by atoms with van der Waals surface area (Å²) in [6.45, 7) is 5.08. The Kier molecular flexibility index (Phi) is 7.05. The van der Waals surface area contributed by atoms with Crippen molar-refractivity contribution in [3.63, 3.8) is 0 Å². The van der Waals surface area contributed by atoms with Gasteiger partial charge in [0.25, 0.3) is 0 Å². The first-order valence-corrected chi connectivity index (χ1v) is 6.64. The van der Waals surface area contributed by atoms with Crippen LogP contribution in [-0.2, 0) is 19.2 Å². The second-order valence-electron chi connectivity index (χ2n) is 6.17. The lowest BCUT2D eigenvalue weighted by atomic mass is 9.77. The van der Waals surface area contributed by atoms with E-state index in [1.165, 1.54) is 0 Å². The number of carbonyl (C=O) groups is 4. The van der Waals surface area contributed by atoms with Crippen molar-refractivity contribution in [2.24, 2.45) is 17.3 Å². The highest BCUT2D eigenvalue weighted by Gasteiger charge is 2.34. The third-order valence-electron chi connectivity index (χ3n) is 3.31. The third kappa shape index (κ3) is 7.43. The van der Waals surface area contributed by atoms with E-state index in [9.17, 15) is 19.2 Å². The zero-order valence-electron chi connectivity index (χ0n) is 12.5. The van der Waals surface area contributed by atoms with Crippen molar-refractivity contribution in [1.82, 2.24) is 0 Å². The van der Waals surface area contributed by atoms with Crippen molar-refractivity contribution < 1.29 is 34.5 Å². The first-order chi connectivity index (χ1) is 9.45. The standard InChI is InChI=1S/C14H22O7/c1-14(2,3)10(13(20)21)7-9(15)6-8(12(18)19)4-5-11(16)17/h8,10H,4-7H2,1-3H3,(H,16,17)(H,18,19)(H,20,21). The van der Waals surface area contributed by atoms with Gasteiger partial charge in [0, 0.05) is 19.3 Å². The predicted octanol–water partition coefficient (Wildman–Crippen LogP) is 1.65. The Hall–Kier alpha value is -1.92. The first-order valence-electron chi connectivity index (χ1n) is 6.64. The van der Waals surface area contributed by atoms with Gasteiger partial charge in [0.05, 0.1) is 11.8 Å². The van der Waals surface area contributed by atoms with Crippen LogP contribution >= 0.6 is 0 Å². The lowest BCUT2D eigenvalue weighted by Crippen LogP contribution is -2.31. The number of aliphatic carboxylic acids is 3. The van der Waals surface area contributed by atoms with E-state index in [1.807, 2.05) is 0 Å². The molecule has 0 amide bonds. The minimum atomic E-state index is -1.24. The summed E-state index contributed by atoms with van der Waals surface area (Å²) >= 11 is 0. The van der Waals surface area contributed by atoms with Crippen LogP contribution in [0.4, 0.5) is 0 Å². The molecule has 0 aromatic rings. The second-order valence-corrected chi connectivity index (χ2v) is 6.17. The van der Waals surface area contributed by atoms with Gasteiger partial charge in [-0.05, 0) is 11.8 Å². The Morgan fingerprint density at radius 2 is 1.43 bits per heavy atom. The molecule has 0 bridgehead atoms. The van der Waals surface area contributed by atoms with Crippen molar-refractivity contribution in [3.05, 3.63) is 0 Å². The van der Waals surface area contributed by atoms with Crippen LogP contribution in [-0.4, -0.2) is 39.0 Å². The Balaban J connectivity index is 4.72. The predicted molar refractivity (Wildman–Crippen MR) is 72.8 cm³/mol. The fraction of sp³-hybridized carbons (Fsp3) is 0.714. The van der Waals surface area contributed by atoms with E-state index in [0.29, 0.717) is 0 Å². The first kappa shape index (κ1) is 19.1. The number of hydrogen-bond acceptors (Lipinski definition) is 4. The van der Waals surface area contributed by atoms with Crippen molar-refractivity contribution in [3.8, 4) is 0 Å². The van der Waals surface area contributed by atoms with Crippen LogP contribution in [0.25, 0.3) is 0 Å². The highest BCUT2D eigenvalue weighted by Crippen LogP contribution is 2.30. The van der Waals surface area contributed by atoms with Crippen LogP contribution in [0.3, 0.4) is 0 Å². The Morgan fingerprint density at radius 1 is 0.905 bits per heavy atom. The van der Waals surface area contributed by atoms with Gasteiger partial charge in [-0.15, -0.1) is 0 Å². The number of carboxylic acids is 3. The summed E-state index contributed by atoms with van der Waals surface area (Å²) in [5.41, 5.74) is -0.624. The van der Waals surface area contributed by atoms with Gasteiger partial charge in [-0.2, -0.15) is 0 Å². The lowest BCUT2D eigenvalue weighted by Gasteiger charge is -2.26. The van der Waals surface area contributed by atoms with Gasteiger partial charge >= 0.3 is 17.9 Å². The number of carboxylic acid groups (broad SMARTS) is 3. The van der Waals surface area contributed by atoms with E-state index in [2.05, 4.69) is 0 Å². The number of hydrogen-bond donors (Lipinski definition) is 3. The quantitative estimate of drug-likeness (QED) is 0.590. The molecule has 2 unspecified atom stereocenters. The topological polar surface area (TPSA) is 129 Å². The molecule has 0 saturated carbocycles. The molecule has 120 valence electrons. The van der Waals surface area contributed by atoms with E-state index < -0.39 is 40.9 Å². The molecule has 0 saturated heterocycles. The van der Waals surface area contributed by atoms with Crippen molar-refractivity contribution in [2.45, 2.75) is 46.5 Å². The van der Waals surface area contributed by atoms with E-state index >= 15 is 0 Å². The third-order valence-corrected chi connectivity index (χ3v) is 3.31. The fourth-order valence-corrected chi connectivity index (χ4v) is 1.96. The molecule has 3 N–H and O–H groups in total. The number of ketones is 1. The number of rotatable bonds is 9. The van der Waals surface area contributed by atoms with Gasteiger partial charge in [-0.25, -0.2) is 0 Å². The summed E-state index contributed by atoms with van der Waals surface area (Å²) in [7, 11) is 0. The van der Waals surface area contributed by atoms with Crippen molar-refractivity contribution >= 4 is 23.7 Å². The van der Waals surface area contributed by atoms with Gasteiger partial charge in [-0.1, -0.05) is 20.8 Å². The molecule has 0 rings (SSSR count). The summed E-state index contributed by atoms with van der Waals surface area (Å²) in [5, 5.41) is 26.7. The highest BCUT2D eigenvalue weighted by molar-refractivity contribution is 5.87. The largest absolute Gasteiger partial charge is 0.481 e. The minimum absolute atomic E-state index is 0.149. The van der Waals surface area contributed by atoms with Gasteiger partial charge in [-0.3, -0.25) is 19.2 Å². The normalized spacial score (nSPS) is 14.2. The van der Waals surface area contributed by atoms with Gasteiger partial charge in [0.15, 0.2) is 0 Å². The van der Waals surface area contributed by atoms with Crippen LogP contribution < -0.4 is 0 Å². The van der Waals surface area contributed by atoms with Crippen LogP contribution in [0.5, 0.6) is 0 Å². The summed E-state index contributed by atoms with van der Waals surface area (Å²) in [6, 6.07) is 0. The fourth-order valence-electron chi connectivity index (χ4n) is 1.96. The zero-order chi connectivity index (χ0) is 16.8. The van der Waals surface area contributed by atoms with Crippen molar-refractivity contribution in [2.75, 3.05) is 0 Å². The molecule has 0 fully saturated rings. The average Bonchev–Trinajstić information content (AvgIpc) is 2.28. The van der Waals surface area contributed by atoms with Gasteiger partial charge in [0.2, 0.25) is 0 Å². The molecular weight excluding hydrogens is 280 g/mol. The van der Waals surface area contributed by atoms with Crippen LogP contribution in [0.1, 0.15) is 46.5 Å². The van der Waals surface area contributed by atoms with Gasteiger partial charge < -0.3 is 15.3 Å². The maximum absolute atomic E-state index is 11.9. The molecule has 0 aromatic carbocycles. The summed E-state index contributed by atoms with van der Waals surface area (Å²) in [5.74, 6) is -5.95. The van der Waals surface area contributed by atoms with E-state index in [-0.39, 0.29) is 25.7 Å². The Labute approximate surface area is 123 Å². The van der Waals surface area contributed by atoms with Crippen LogP contribution in [0.2, 0.25) is 0 Å². The molecule has 7 nitrogen and oxygen atoms in total. The molecule has 0 aromatic heterocycles. The molecule has 7 heteroatoms. The number of Topliss-reactive ketones (excluding diaryl/α,β-unsaturated/α-hetero) is 1. The SMILES string of the molecule is CC(C)(C)C(CC(=O)CC(CCC(=O)O)C(=O)O)C(=O)O.